The van der Waals surface area contributed by atoms with Crippen LogP contribution in [0.5, 0.6) is 0 Å². The molecule has 1 fully saturated rings. The van der Waals surface area contributed by atoms with E-state index in [1.54, 1.807) is 11.0 Å². The molecule has 3 rings (SSSR count). The van der Waals surface area contributed by atoms with Crippen LogP contribution in [0.1, 0.15) is 5.69 Å². The normalized spacial score (nSPS) is 14.7. The number of anilines is 1. The fourth-order valence-corrected chi connectivity index (χ4v) is 2.79. The maximum Gasteiger partial charge on any atom is 0.359 e. The highest BCUT2D eigenvalue weighted by atomic mass is 16.6. The van der Waals surface area contributed by atoms with Crippen molar-refractivity contribution >= 4 is 22.4 Å². The summed E-state index contributed by atoms with van der Waals surface area (Å²) < 4.78 is 1.20. The second kappa shape index (κ2) is 5.66. The molecule has 9 heteroatoms. The van der Waals surface area contributed by atoms with Crippen molar-refractivity contribution in [3.8, 4) is 6.07 Å². The van der Waals surface area contributed by atoms with Gasteiger partial charge < -0.3 is 14.8 Å². The van der Waals surface area contributed by atoms with E-state index < -0.39 is 16.2 Å². The van der Waals surface area contributed by atoms with Crippen LogP contribution in [0.2, 0.25) is 0 Å². The van der Waals surface area contributed by atoms with Gasteiger partial charge in [-0.15, -0.1) is 0 Å². The molecular formula is C14H14N6O3. The van der Waals surface area contributed by atoms with E-state index >= 15 is 0 Å². The number of hydrogen-bond donors (Lipinski definition) is 1. The highest BCUT2D eigenvalue weighted by Crippen LogP contribution is 2.32. The Kier molecular flexibility index (Phi) is 3.67. The average Bonchev–Trinajstić information content (AvgIpc) is 2.57. The minimum absolute atomic E-state index is 0.154. The van der Waals surface area contributed by atoms with E-state index in [-0.39, 0.29) is 11.4 Å². The van der Waals surface area contributed by atoms with Crippen molar-refractivity contribution in [3.05, 3.63) is 38.3 Å². The van der Waals surface area contributed by atoms with Crippen molar-refractivity contribution in [1.29, 1.82) is 5.26 Å². The summed E-state index contributed by atoms with van der Waals surface area (Å²) in [6.07, 6.45) is 0. The molecule has 0 spiro atoms. The van der Waals surface area contributed by atoms with Crippen LogP contribution in [-0.4, -0.2) is 40.7 Å². The lowest BCUT2D eigenvalue weighted by molar-refractivity contribution is -0.385. The van der Waals surface area contributed by atoms with E-state index in [2.05, 4.69) is 10.3 Å². The van der Waals surface area contributed by atoms with Gasteiger partial charge in [0.25, 0.3) is 0 Å². The maximum atomic E-state index is 12.4. The summed E-state index contributed by atoms with van der Waals surface area (Å²) >= 11 is 0. The van der Waals surface area contributed by atoms with Crippen molar-refractivity contribution < 1.29 is 4.92 Å². The molecular weight excluding hydrogens is 300 g/mol. The molecule has 0 amide bonds. The molecule has 0 atom stereocenters. The molecule has 3 heterocycles. The van der Waals surface area contributed by atoms with Gasteiger partial charge in [-0.1, -0.05) is 0 Å². The van der Waals surface area contributed by atoms with Crippen molar-refractivity contribution in [3.63, 3.8) is 0 Å². The van der Waals surface area contributed by atoms with Gasteiger partial charge >= 0.3 is 11.2 Å². The number of pyridine rings is 2. The van der Waals surface area contributed by atoms with Crippen LogP contribution in [0.25, 0.3) is 11.0 Å². The number of nitrogens with zero attached hydrogens (tertiary/aromatic N) is 5. The van der Waals surface area contributed by atoms with Crippen LogP contribution in [0.4, 0.5) is 11.4 Å². The molecule has 0 saturated carbocycles. The standard InChI is InChI=1S/C14H14N6O3/c1-18-10-3-2-9(8-15)17-11(10)12(13(14(18)21)20(22)23)19-6-4-16-5-7-19/h2-3,16H,4-7H2,1H3. The van der Waals surface area contributed by atoms with Crippen molar-refractivity contribution in [2.45, 2.75) is 0 Å². The first-order valence-electron chi connectivity index (χ1n) is 7.08. The fraction of sp³-hybridized carbons (Fsp3) is 0.357. The zero-order valence-electron chi connectivity index (χ0n) is 12.4. The summed E-state index contributed by atoms with van der Waals surface area (Å²) in [5, 5.41) is 23.7. The van der Waals surface area contributed by atoms with E-state index in [0.29, 0.717) is 37.2 Å². The first-order valence-corrected chi connectivity index (χ1v) is 7.08. The van der Waals surface area contributed by atoms with Gasteiger partial charge in [-0.25, -0.2) is 4.98 Å². The number of nitriles is 1. The number of piperazine rings is 1. The Morgan fingerprint density at radius 1 is 1.39 bits per heavy atom. The second-order valence-corrected chi connectivity index (χ2v) is 5.23. The van der Waals surface area contributed by atoms with Crippen LogP contribution in [-0.2, 0) is 7.05 Å². The minimum Gasteiger partial charge on any atom is -0.361 e. The highest BCUT2D eigenvalue weighted by Gasteiger charge is 2.30. The number of aryl methyl sites for hydroxylation is 1. The quantitative estimate of drug-likeness (QED) is 0.618. The number of aromatic nitrogens is 2. The molecule has 1 aliphatic heterocycles. The van der Waals surface area contributed by atoms with Crippen LogP contribution in [0.3, 0.4) is 0 Å². The fourth-order valence-electron chi connectivity index (χ4n) is 2.79. The summed E-state index contributed by atoms with van der Waals surface area (Å²) in [7, 11) is 1.47. The molecule has 0 bridgehead atoms. The Labute approximate surface area is 130 Å². The first kappa shape index (κ1) is 14.9. The van der Waals surface area contributed by atoms with Crippen molar-refractivity contribution in [1.82, 2.24) is 14.9 Å². The summed E-state index contributed by atoms with van der Waals surface area (Å²) in [6.45, 7) is 2.38. The Bertz CT molecular complexity index is 892. The third kappa shape index (κ3) is 2.39. The lowest BCUT2D eigenvalue weighted by Crippen LogP contribution is -2.44. The molecule has 1 saturated heterocycles. The lowest BCUT2D eigenvalue weighted by Gasteiger charge is -2.29. The molecule has 0 radical (unpaired) electrons. The number of nitrogens with one attached hydrogen (secondary N) is 1. The molecule has 0 unspecified atom stereocenters. The Balaban J connectivity index is 2.42. The number of fused-ring (bicyclic) bond motifs is 1. The molecule has 2 aromatic heterocycles. The van der Waals surface area contributed by atoms with Crippen LogP contribution < -0.4 is 15.8 Å². The second-order valence-electron chi connectivity index (χ2n) is 5.23. The predicted octanol–water partition coefficient (Wildman–Crippen LogP) is 0.123. The van der Waals surface area contributed by atoms with Gasteiger partial charge in [0.1, 0.15) is 17.3 Å². The maximum absolute atomic E-state index is 12.4. The van der Waals surface area contributed by atoms with E-state index in [0.717, 1.165) is 0 Å². The predicted molar refractivity (Wildman–Crippen MR) is 83.4 cm³/mol. The summed E-state index contributed by atoms with van der Waals surface area (Å²) in [6, 6.07) is 5.02. The third-order valence-corrected chi connectivity index (χ3v) is 3.92. The summed E-state index contributed by atoms with van der Waals surface area (Å²) in [5.41, 5.74) is -0.0477. The zero-order chi connectivity index (χ0) is 16.6. The van der Waals surface area contributed by atoms with Gasteiger partial charge in [-0.2, -0.15) is 5.26 Å². The molecule has 9 nitrogen and oxygen atoms in total. The van der Waals surface area contributed by atoms with Gasteiger partial charge in [0.15, 0.2) is 5.69 Å². The van der Waals surface area contributed by atoms with Gasteiger partial charge in [0, 0.05) is 33.2 Å². The molecule has 1 aliphatic rings. The largest absolute Gasteiger partial charge is 0.361 e. The van der Waals surface area contributed by atoms with E-state index in [1.165, 1.54) is 17.7 Å². The van der Waals surface area contributed by atoms with E-state index in [1.807, 2.05) is 6.07 Å². The molecule has 2 aromatic rings. The van der Waals surface area contributed by atoms with Crippen LogP contribution >= 0.6 is 0 Å². The van der Waals surface area contributed by atoms with E-state index in [4.69, 9.17) is 5.26 Å². The van der Waals surface area contributed by atoms with Gasteiger partial charge in [0.05, 0.1) is 10.4 Å². The van der Waals surface area contributed by atoms with Crippen LogP contribution in [0, 0.1) is 21.4 Å². The Morgan fingerprint density at radius 2 is 2.09 bits per heavy atom. The van der Waals surface area contributed by atoms with Gasteiger partial charge in [0.2, 0.25) is 0 Å². The molecule has 0 aromatic carbocycles. The third-order valence-electron chi connectivity index (χ3n) is 3.92. The van der Waals surface area contributed by atoms with E-state index in [9.17, 15) is 14.9 Å². The Hall–Kier alpha value is -2.99. The molecule has 0 aliphatic carbocycles. The highest BCUT2D eigenvalue weighted by molar-refractivity contribution is 5.94. The SMILES string of the molecule is Cn1c(=O)c([N+](=O)[O-])c(N2CCNCC2)c2nc(C#N)ccc21. The zero-order valence-corrected chi connectivity index (χ0v) is 12.4. The number of nitro groups is 1. The minimum atomic E-state index is -0.678. The van der Waals surface area contributed by atoms with Crippen LogP contribution in [0.15, 0.2) is 16.9 Å². The topological polar surface area (TPSA) is 117 Å². The monoisotopic (exact) mass is 314 g/mol. The summed E-state index contributed by atoms with van der Waals surface area (Å²) in [4.78, 5) is 29.3. The van der Waals surface area contributed by atoms with Crippen molar-refractivity contribution in [2.24, 2.45) is 7.05 Å². The number of rotatable bonds is 2. The lowest BCUT2D eigenvalue weighted by atomic mass is 10.2. The number of hydrogen-bond acceptors (Lipinski definition) is 7. The smallest absolute Gasteiger partial charge is 0.359 e. The Morgan fingerprint density at radius 3 is 2.70 bits per heavy atom. The summed E-state index contributed by atoms with van der Waals surface area (Å²) in [5.74, 6) is 0. The van der Waals surface area contributed by atoms with Gasteiger partial charge in [-0.3, -0.25) is 14.9 Å². The van der Waals surface area contributed by atoms with Gasteiger partial charge in [-0.05, 0) is 12.1 Å². The van der Waals surface area contributed by atoms with Crippen molar-refractivity contribution in [2.75, 3.05) is 31.1 Å². The molecule has 23 heavy (non-hydrogen) atoms. The molecule has 118 valence electrons. The molecule has 1 N–H and O–H groups in total. The first-order chi connectivity index (χ1) is 11.0. The average molecular weight is 314 g/mol.